The minimum atomic E-state index is -2.95. The zero-order chi connectivity index (χ0) is 64.0. The second kappa shape index (κ2) is 29.2. The highest BCUT2D eigenvalue weighted by atomic mass is 35.5. The number of benzene rings is 7. The first-order chi connectivity index (χ1) is 44.5. The number of aromatic nitrogens is 6. The average Bonchev–Trinajstić information content (AvgIpc) is 0.947. The van der Waals surface area contributed by atoms with E-state index in [9.17, 15) is 46.0 Å². The van der Waals surface area contributed by atoms with E-state index < -0.39 is 38.9 Å². The Hall–Kier alpha value is -7.88. The molecule has 1 aliphatic carbocycles. The number of aromatic amines is 3. The van der Waals surface area contributed by atoms with E-state index in [1.165, 1.54) is 23.8 Å². The zero-order valence-corrected chi connectivity index (χ0v) is 54.7. The van der Waals surface area contributed by atoms with Gasteiger partial charge in [0.25, 0.3) is 16.7 Å². The van der Waals surface area contributed by atoms with Gasteiger partial charge in [-0.3, -0.25) is 24.1 Å². The van der Waals surface area contributed by atoms with Crippen LogP contribution in [0.5, 0.6) is 0 Å². The van der Waals surface area contributed by atoms with Crippen molar-refractivity contribution in [2.24, 2.45) is 5.92 Å². The summed E-state index contributed by atoms with van der Waals surface area (Å²) in [5.74, 6) is -1.00. The summed E-state index contributed by atoms with van der Waals surface area (Å²) in [7, 11) is -8.48. The predicted molar refractivity (Wildman–Crippen MR) is 366 cm³/mol. The maximum Gasteiger partial charge on any atom is 0.272 e. The van der Waals surface area contributed by atoms with E-state index in [-0.39, 0.29) is 46.2 Å². The summed E-state index contributed by atoms with van der Waals surface area (Å²) in [6.07, 6.45) is 7.84. The highest BCUT2D eigenvalue weighted by Crippen LogP contribution is 2.49. The minimum absolute atomic E-state index is 0. The number of nitrogens with zero attached hydrogens (tertiary/aromatic N) is 5. The normalized spacial score (nSPS) is 17.0. The van der Waals surface area contributed by atoms with Gasteiger partial charge >= 0.3 is 0 Å². The van der Waals surface area contributed by atoms with Crippen LogP contribution in [0, 0.1) is 23.4 Å². The number of halogens is 4. The average molecular weight is 1340 g/mol. The van der Waals surface area contributed by atoms with Gasteiger partial charge in [-0.2, -0.15) is 15.3 Å². The molecule has 1 saturated carbocycles. The molecule has 3 aliphatic heterocycles. The second-order valence-electron chi connectivity index (χ2n) is 24.4. The van der Waals surface area contributed by atoms with Gasteiger partial charge < -0.3 is 23.9 Å². The molecule has 3 saturated heterocycles. The van der Waals surface area contributed by atoms with Crippen LogP contribution >= 0.6 is 33.8 Å². The molecule has 0 spiro atoms. The third-order valence-electron chi connectivity index (χ3n) is 18.4. The summed E-state index contributed by atoms with van der Waals surface area (Å²) in [6.45, 7) is 4.31. The largest absolute Gasteiger partial charge is 0.342 e. The van der Waals surface area contributed by atoms with E-state index in [2.05, 4.69) is 52.9 Å². The molecule has 10 aromatic rings. The molecule has 16 nitrogen and oxygen atoms in total. The van der Waals surface area contributed by atoms with Crippen molar-refractivity contribution in [1.29, 1.82) is 0 Å². The number of rotatable bonds is 12. The molecule has 7 aromatic carbocycles. The molecule has 0 radical (unpaired) electrons. The molecule has 6 heterocycles. The summed E-state index contributed by atoms with van der Waals surface area (Å²) in [6, 6.07) is 46.4. The van der Waals surface area contributed by atoms with Crippen LogP contribution in [-0.4, -0.2) is 123 Å². The quantitative estimate of drug-likeness (QED) is 0.0839. The Kier molecular flexibility index (Phi) is 20.9. The first-order valence-corrected chi connectivity index (χ1v) is 37.5. The van der Waals surface area contributed by atoms with Crippen molar-refractivity contribution in [2.45, 2.75) is 51.5 Å². The fourth-order valence-corrected chi connectivity index (χ4v) is 21.3. The number of hydrogen-bond acceptors (Lipinski definition) is 12. The van der Waals surface area contributed by atoms with Gasteiger partial charge in [-0.1, -0.05) is 116 Å². The molecule has 4 fully saturated rings. The van der Waals surface area contributed by atoms with Crippen LogP contribution in [0.4, 0.5) is 13.2 Å². The molecule has 0 bridgehead atoms. The van der Waals surface area contributed by atoms with E-state index in [1.807, 2.05) is 65.6 Å². The Balaban J connectivity index is 0.000000143. The number of carbonyl (C=O) groups excluding carboxylic acids is 1. The fourth-order valence-electron chi connectivity index (χ4n) is 13.2. The van der Waals surface area contributed by atoms with Crippen molar-refractivity contribution < 1.29 is 31.7 Å². The summed E-state index contributed by atoms with van der Waals surface area (Å²) in [5.41, 5.74) is 5.05. The van der Waals surface area contributed by atoms with E-state index in [4.69, 9.17) is 0 Å². The molecule has 1 amide bonds. The molecule has 4 aliphatic rings. The van der Waals surface area contributed by atoms with Crippen molar-refractivity contribution in [3.05, 3.63) is 246 Å². The molecular formula is C70H72ClF3N9O7P3. The summed E-state index contributed by atoms with van der Waals surface area (Å²) >= 11 is 0. The van der Waals surface area contributed by atoms with Crippen LogP contribution in [0.25, 0.3) is 32.3 Å². The zero-order valence-electron chi connectivity index (χ0n) is 51.2. The minimum Gasteiger partial charge on any atom is -0.342 e. The van der Waals surface area contributed by atoms with Crippen molar-refractivity contribution in [3.63, 3.8) is 0 Å². The van der Waals surface area contributed by atoms with Crippen molar-refractivity contribution in [3.8, 4) is 0 Å². The van der Waals surface area contributed by atoms with Crippen LogP contribution in [0.2, 0.25) is 0 Å². The first-order valence-electron chi connectivity index (χ1n) is 31.3. The first kappa shape index (κ1) is 66.6. The number of carbonyl (C=O) groups is 1. The van der Waals surface area contributed by atoms with Crippen molar-refractivity contribution in [1.82, 2.24) is 45.7 Å². The Morgan fingerprint density at radius 2 is 0.785 bits per heavy atom. The number of fused-ring (bicyclic) bond motifs is 3. The molecule has 93 heavy (non-hydrogen) atoms. The molecular weight excluding hydrogens is 1260 g/mol. The van der Waals surface area contributed by atoms with Gasteiger partial charge in [0.05, 0.1) is 33.2 Å². The molecule has 23 heteroatoms. The van der Waals surface area contributed by atoms with Crippen molar-refractivity contribution >= 4 is 88.0 Å². The second-order valence-corrected chi connectivity index (χ2v) is 33.8. The third kappa shape index (κ3) is 15.1. The van der Waals surface area contributed by atoms with Gasteiger partial charge in [-0.05, 0) is 89.7 Å². The van der Waals surface area contributed by atoms with Crippen LogP contribution < -0.4 is 37.9 Å². The Morgan fingerprint density at radius 3 is 1.17 bits per heavy atom. The monoisotopic (exact) mass is 1340 g/mol. The number of H-pyrrole nitrogens is 3. The van der Waals surface area contributed by atoms with Gasteiger partial charge in [-0.15, -0.1) is 12.4 Å². The number of nitrogens with one attached hydrogen (secondary N) is 4. The van der Waals surface area contributed by atoms with Gasteiger partial charge in [0, 0.05) is 140 Å². The molecule has 0 unspecified atom stereocenters. The molecule has 3 aromatic heterocycles. The Morgan fingerprint density at radius 1 is 0.441 bits per heavy atom. The van der Waals surface area contributed by atoms with Gasteiger partial charge in [0.15, 0.2) is 0 Å². The van der Waals surface area contributed by atoms with Crippen LogP contribution in [0.1, 0.15) is 65.0 Å². The van der Waals surface area contributed by atoms with E-state index in [1.54, 1.807) is 66.7 Å². The number of hydrogen-bond donors (Lipinski definition) is 4. The van der Waals surface area contributed by atoms with Gasteiger partial charge in [0.2, 0.25) is 5.91 Å². The van der Waals surface area contributed by atoms with E-state index in [0.717, 1.165) is 65.1 Å². The summed E-state index contributed by atoms with van der Waals surface area (Å²) in [5, 5.41) is 28.3. The standard InChI is InChI=1S/C26H25FN3O2P.C25H27FN3O3P.C19H19FN3O2P.ClH/c27-23-11-10-20(16-24-21-8-4-5-9-22(21)26(31)29-28-24)17-25(23)33(32)14-12-30(13-15-33)18-19-6-2-1-3-7-19;26-21-10-9-17(15-22-19-7-3-4-8-20(19)24(30)28-27-22)16-23(21)33(32)13-11-29(12-14-33)25(31)18-5-1-2-6-18;20-16-6-5-13(12-18(16)26(25)9-7-21-8-10-26)11-17-14-3-1-2-4-15(14)19(24)23-22-17;/h1-11,17H,12-16,18H2,(H,29,31);3-4,7-10,16,18H,1-2,5-6,11-15H2,(H,28,30);1-6,12,21H,7-11H2,(H,23,24);1H. The van der Waals surface area contributed by atoms with Crippen LogP contribution in [-0.2, 0) is 44.3 Å². The maximum absolute atomic E-state index is 14.8. The highest BCUT2D eigenvalue weighted by Gasteiger charge is 2.38. The molecule has 482 valence electrons. The maximum atomic E-state index is 14.8. The lowest BCUT2D eigenvalue weighted by molar-refractivity contribution is -0.135. The predicted octanol–water partition coefficient (Wildman–Crippen LogP) is 10.5. The molecule has 14 rings (SSSR count). The van der Waals surface area contributed by atoms with Crippen LogP contribution in [0.3, 0.4) is 0 Å². The lowest BCUT2D eigenvalue weighted by Gasteiger charge is -2.34. The molecule has 4 N–H and O–H groups in total. The van der Waals surface area contributed by atoms with E-state index in [0.29, 0.717) is 139 Å². The lowest BCUT2D eigenvalue weighted by Crippen LogP contribution is -2.43. The van der Waals surface area contributed by atoms with Crippen molar-refractivity contribution in [2.75, 3.05) is 76.2 Å². The third-order valence-corrected chi connectivity index (χ3v) is 27.6. The SMILES string of the molecule is Cl.O=C(C1CCCC1)N1CCP(=O)(c2cc(Cc3n[nH]c(=O)c4ccccc34)ccc2F)CC1.O=c1[nH]nc(Cc2ccc(F)c(P3(=O)CCN(Cc4ccccc4)CC3)c2)c2ccccc12.O=c1[nH]nc(Cc2ccc(F)c(P3(=O)CCNCC3)c2)c2ccccc12. The number of amides is 1. The van der Waals surface area contributed by atoms with Crippen LogP contribution in [0.15, 0.2) is 172 Å². The van der Waals surface area contributed by atoms with Gasteiger partial charge in [-0.25, -0.2) is 28.5 Å². The molecule has 0 atom stereocenters. The summed E-state index contributed by atoms with van der Waals surface area (Å²) < 4.78 is 84.8. The lowest BCUT2D eigenvalue weighted by atomic mass is 10.0. The highest BCUT2D eigenvalue weighted by molar-refractivity contribution is 7.72. The fraction of sp³-hybridized carbons (Fsp3) is 0.300. The Labute approximate surface area is 541 Å². The van der Waals surface area contributed by atoms with Gasteiger partial charge in [0.1, 0.15) is 38.9 Å². The summed E-state index contributed by atoms with van der Waals surface area (Å²) in [4.78, 5) is 52.9. The smallest absolute Gasteiger partial charge is 0.272 e. The van der Waals surface area contributed by atoms with E-state index >= 15 is 0 Å². The Bertz CT molecular complexity index is 4710. The topological polar surface area (TPSA) is 224 Å².